The first-order valence-corrected chi connectivity index (χ1v) is 21.2. The molecule has 0 aliphatic heterocycles. The van der Waals surface area contributed by atoms with Gasteiger partial charge in [0.25, 0.3) is 0 Å². The van der Waals surface area contributed by atoms with Crippen molar-refractivity contribution in [1.82, 2.24) is 15.0 Å². The minimum absolute atomic E-state index is 0. The second kappa shape index (κ2) is 15.8. The van der Waals surface area contributed by atoms with E-state index >= 15 is 0 Å². The average Bonchev–Trinajstić information content (AvgIpc) is 3.43. The Kier molecular flexibility index (Phi) is 12.5. The number of benzene rings is 2. The first kappa shape index (κ1) is 39.3. The van der Waals surface area contributed by atoms with Crippen molar-refractivity contribution in [3.8, 4) is 22.5 Å². The smallest absolute Gasteiger partial charge is 0.216 e. The van der Waals surface area contributed by atoms with Crippen LogP contribution in [0, 0.1) is 17.5 Å². The van der Waals surface area contributed by atoms with Gasteiger partial charge in [0.05, 0.1) is 13.7 Å². The van der Waals surface area contributed by atoms with Gasteiger partial charge in [-0.15, -0.1) is 53.6 Å². The molecule has 265 valence electrons. The standard InChI is InChI=1S/C23H34NSi.C21H19N2O.Ir/c1-22(2,3)15-18-14-20(24-16-21(18)25(7,8)9)17-10-12-19(13-11-17)23(4,5)6;1-3-14(4-2)15-10-12-22-19(13-15)18-8-5-7-16-17-9-6-11-23-21(17)24-20(16)18;/h10,12-14,16H,15H2,1-9H3;5-7,9-14H,3-4H2,1-2H3;/q2*-1;. The van der Waals surface area contributed by atoms with Crippen LogP contribution >= 0.6 is 0 Å². The summed E-state index contributed by atoms with van der Waals surface area (Å²) in [7, 11) is -1.41. The number of hydrogen-bond acceptors (Lipinski definition) is 4. The van der Waals surface area contributed by atoms with E-state index in [4.69, 9.17) is 9.40 Å². The summed E-state index contributed by atoms with van der Waals surface area (Å²) >= 11 is 0. The van der Waals surface area contributed by atoms with Crippen molar-refractivity contribution in [3.05, 3.63) is 108 Å². The van der Waals surface area contributed by atoms with Gasteiger partial charge in [0, 0.05) is 44.1 Å². The number of nitrogens with zero attached hydrogens (tertiary/aromatic N) is 3. The van der Waals surface area contributed by atoms with Crippen molar-refractivity contribution in [1.29, 1.82) is 0 Å². The van der Waals surface area contributed by atoms with Crippen LogP contribution in [0.25, 0.3) is 44.6 Å². The van der Waals surface area contributed by atoms with E-state index in [2.05, 4.69) is 140 Å². The molecule has 1 radical (unpaired) electrons. The van der Waals surface area contributed by atoms with Gasteiger partial charge in [0.2, 0.25) is 5.71 Å². The van der Waals surface area contributed by atoms with Crippen LogP contribution in [0.5, 0.6) is 0 Å². The van der Waals surface area contributed by atoms with Gasteiger partial charge in [-0.05, 0) is 70.8 Å². The van der Waals surface area contributed by atoms with Crippen LogP contribution < -0.4 is 5.19 Å². The third kappa shape index (κ3) is 9.26. The van der Waals surface area contributed by atoms with Crippen molar-refractivity contribution in [2.75, 3.05) is 0 Å². The fourth-order valence-corrected chi connectivity index (χ4v) is 8.03. The molecule has 0 unspecified atom stereocenters. The van der Waals surface area contributed by atoms with E-state index in [1.165, 1.54) is 21.9 Å². The summed E-state index contributed by atoms with van der Waals surface area (Å²) in [4.78, 5) is 13.7. The van der Waals surface area contributed by atoms with Crippen molar-refractivity contribution < 1.29 is 24.5 Å². The van der Waals surface area contributed by atoms with Crippen molar-refractivity contribution in [2.45, 2.75) is 106 Å². The molecule has 0 fully saturated rings. The third-order valence-corrected chi connectivity index (χ3v) is 11.2. The average molecular weight is 860 g/mol. The minimum atomic E-state index is -1.41. The molecule has 0 aliphatic carbocycles. The van der Waals surface area contributed by atoms with Gasteiger partial charge in [-0.3, -0.25) is 0 Å². The number of aromatic nitrogens is 3. The molecule has 0 bridgehead atoms. The molecule has 50 heavy (non-hydrogen) atoms. The van der Waals surface area contributed by atoms with Gasteiger partial charge in [-0.1, -0.05) is 109 Å². The molecule has 6 aromatic rings. The summed E-state index contributed by atoms with van der Waals surface area (Å²) in [5.74, 6) is 0.559. The van der Waals surface area contributed by atoms with Gasteiger partial charge >= 0.3 is 0 Å². The fourth-order valence-electron chi connectivity index (χ4n) is 6.45. The van der Waals surface area contributed by atoms with Crippen LogP contribution in [0.2, 0.25) is 19.6 Å². The zero-order valence-electron chi connectivity index (χ0n) is 31.8. The Morgan fingerprint density at radius 3 is 2.16 bits per heavy atom. The number of rotatable bonds is 7. The molecule has 4 heterocycles. The second-order valence-corrected chi connectivity index (χ2v) is 21.5. The topological polar surface area (TPSA) is 51.8 Å². The molecule has 0 saturated carbocycles. The third-order valence-electron chi connectivity index (χ3n) is 9.18. The maximum Gasteiger partial charge on any atom is 0.216 e. The Morgan fingerprint density at radius 2 is 1.54 bits per heavy atom. The molecule has 0 atom stereocenters. The molecule has 2 aromatic carbocycles. The zero-order chi connectivity index (χ0) is 35.6. The van der Waals surface area contributed by atoms with E-state index in [0.29, 0.717) is 11.6 Å². The van der Waals surface area contributed by atoms with Gasteiger partial charge in [0.1, 0.15) is 0 Å². The van der Waals surface area contributed by atoms with Crippen LogP contribution in [-0.2, 0) is 31.9 Å². The molecule has 4 nitrogen and oxygen atoms in total. The van der Waals surface area contributed by atoms with E-state index in [0.717, 1.165) is 58.1 Å². The molecule has 4 aromatic heterocycles. The molecule has 6 rings (SSSR count). The van der Waals surface area contributed by atoms with Crippen LogP contribution in [0.4, 0.5) is 0 Å². The van der Waals surface area contributed by atoms with Crippen LogP contribution in [-0.4, -0.2) is 23.0 Å². The normalized spacial score (nSPS) is 12.2. The Bertz CT molecular complexity index is 2020. The van der Waals surface area contributed by atoms with E-state index in [-0.39, 0.29) is 30.9 Å². The molecule has 0 N–H and O–H groups in total. The summed E-state index contributed by atoms with van der Waals surface area (Å²) in [5.41, 5.74) is 9.92. The maximum absolute atomic E-state index is 6.01. The monoisotopic (exact) mass is 860 g/mol. The van der Waals surface area contributed by atoms with E-state index in [1.807, 2.05) is 30.5 Å². The minimum Gasteiger partial charge on any atom is -0.486 e. The van der Waals surface area contributed by atoms with Gasteiger partial charge < -0.3 is 14.4 Å². The largest absolute Gasteiger partial charge is 0.486 e. The molecule has 0 amide bonds. The predicted molar refractivity (Wildman–Crippen MR) is 210 cm³/mol. The molecular formula is C44H53IrN3OSi-2. The first-order valence-electron chi connectivity index (χ1n) is 17.7. The van der Waals surface area contributed by atoms with Gasteiger partial charge in [-0.2, -0.15) is 0 Å². The molecule has 0 spiro atoms. The number of pyridine rings is 3. The Morgan fingerprint density at radius 1 is 0.800 bits per heavy atom. The maximum atomic E-state index is 6.01. The summed E-state index contributed by atoms with van der Waals surface area (Å²) in [5, 5.41) is 3.57. The molecule has 6 heteroatoms. The number of hydrogen-bond donors (Lipinski definition) is 0. The summed E-state index contributed by atoms with van der Waals surface area (Å²) in [6.45, 7) is 25.3. The predicted octanol–water partition coefficient (Wildman–Crippen LogP) is 11.7. The van der Waals surface area contributed by atoms with Crippen LogP contribution in [0.1, 0.15) is 90.8 Å². The molecule has 0 aliphatic rings. The Labute approximate surface area is 314 Å². The van der Waals surface area contributed by atoms with E-state index < -0.39 is 8.07 Å². The van der Waals surface area contributed by atoms with Crippen molar-refractivity contribution in [3.63, 3.8) is 0 Å². The van der Waals surface area contributed by atoms with Gasteiger partial charge in [-0.25, -0.2) is 4.98 Å². The summed E-state index contributed by atoms with van der Waals surface area (Å²) < 4.78 is 6.01. The van der Waals surface area contributed by atoms with Crippen molar-refractivity contribution >= 4 is 35.3 Å². The SMILES string of the molecule is CC(C)(C)Cc1cc(-c2[c-]cc(C(C)(C)C)cc2)ncc1[Si](C)(C)C.CCC(CC)c1ccnc(-c2[c-]ccc3c2oc2ncccc23)c1.[Ir]. The molecule has 0 saturated heterocycles. The summed E-state index contributed by atoms with van der Waals surface area (Å²) in [6, 6.07) is 27.8. The first-order chi connectivity index (χ1) is 23.1. The molecular weight excluding hydrogens is 807 g/mol. The fraction of sp³-hybridized carbons (Fsp3) is 0.386. The second-order valence-electron chi connectivity index (χ2n) is 16.5. The van der Waals surface area contributed by atoms with E-state index in [9.17, 15) is 0 Å². The van der Waals surface area contributed by atoms with Crippen molar-refractivity contribution in [2.24, 2.45) is 5.41 Å². The quantitative estimate of drug-likeness (QED) is 0.119. The Balaban J connectivity index is 0.000000220. The van der Waals surface area contributed by atoms with Gasteiger partial charge in [0.15, 0.2) is 0 Å². The zero-order valence-corrected chi connectivity index (χ0v) is 35.2. The van der Waals surface area contributed by atoms with E-state index in [1.54, 1.807) is 6.20 Å². The Hall–Kier alpha value is -3.44. The number of furan rings is 1. The summed E-state index contributed by atoms with van der Waals surface area (Å²) in [6.07, 6.45) is 9.11. The van der Waals surface area contributed by atoms with Crippen LogP contribution in [0.15, 0.2) is 83.7 Å². The number of fused-ring (bicyclic) bond motifs is 3. The van der Waals surface area contributed by atoms with Crippen LogP contribution in [0.3, 0.4) is 0 Å².